The summed E-state index contributed by atoms with van der Waals surface area (Å²) in [5.41, 5.74) is 2.93. The second kappa shape index (κ2) is 4.78. The molecule has 0 amide bonds. The van der Waals surface area contributed by atoms with Gasteiger partial charge in [-0.15, -0.1) is 3.89 Å². The van der Waals surface area contributed by atoms with E-state index in [0.717, 1.165) is 42.8 Å². The number of anilines is 1. The normalized spacial score (nSPS) is 16.4. The summed E-state index contributed by atoms with van der Waals surface area (Å²) in [7, 11) is 0. The van der Waals surface area contributed by atoms with Crippen LogP contribution in [0.1, 0.15) is 5.56 Å². The Morgan fingerprint density at radius 1 is 1.39 bits per heavy atom. The first-order valence-electron chi connectivity index (χ1n) is 6.02. The number of nitrogens with zero attached hydrogens (tertiary/aromatic N) is 3. The molecule has 96 valence electrons. The lowest BCUT2D eigenvalue weighted by Gasteiger charge is -2.30. The van der Waals surface area contributed by atoms with E-state index in [1.807, 2.05) is 13.0 Å². The molecule has 0 spiro atoms. The molecule has 0 atom stereocenters. The zero-order valence-electron chi connectivity index (χ0n) is 10.2. The largest absolute Gasteiger partial charge is 0.368 e. The number of hydrogen-bond donors (Lipinski definition) is 1. The van der Waals surface area contributed by atoms with E-state index < -0.39 is 0 Å². The van der Waals surface area contributed by atoms with Crippen molar-refractivity contribution in [3.05, 3.63) is 24.0 Å². The summed E-state index contributed by atoms with van der Waals surface area (Å²) < 4.78 is 14.3. The van der Waals surface area contributed by atoms with Gasteiger partial charge in [0.05, 0.1) is 0 Å². The zero-order valence-corrected chi connectivity index (χ0v) is 11.0. The van der Waals surface area contributed by atoms with Gasteiger partial charge in [-0.1, -0.05) is 0 Å². The second-order valence-electron chi connectivity index (χ2n) is 4.47. The number of pyridine rings is 1. The predicted molar refractivity (Wildman–Crippen MR) is 73.6 cm³/mol. The molecule has 1 fully saturated rings. The van der Waals surface area contributed by atoms with Gasteiger partial charge in [0.25, 0.3) is 0 Å². The predicted octanol–water partition coefficient (Wildman–Crippen LogP) is 2.14. The Balaban J connectivity index is 2.13. The van der Waals surface area contributed by atoms with Crippen molar-refractivity contribution in [2.45, 2.75) is 6.92 Å². The first-order valence-corrected chi connectivity index (χ1v) is 6.70. The first-order chi connectivity index (χ1) is 8.81. The SMILES string of the molecule is Cc1cn(SF)c2nccc(N3CCNCC3)c12. The van der Waals surface area contributed by atoms with Crippen molar-refractivity contribution < 1.29 is 3.89 Å². The molecular weight excluding hydrogens is 251 g/mol. The molecule has 2 aromatic heterocycles. The summed E-state index contributed by atoms with van der Waals surface area (Å²) in [6.45, 7) is 5.93. The van der Waals surface area contributed by atoms with Gasteiger partial charge in [-0.05, 0) is 18.6 Å². The van der Waals surface area contributed by atoms with Crippen LogP contribution in [0.3, 0.4) is 0 Å². The second-order valence-corrected chi connectivity index (χ2v) is 5.00. The average Bonchev–Trinajstić information content (AvgIpc) is 2.77. The van der Waals surface area contributed by atoms with E-state index in [9.17, 15) is 3.89 Å². The number of aromatic nitrogens is 2. The smallest absolute Gasteiger partial charge is 0.171 e. The summed E-state index contributed by atoms with van der Waals surface area (Å²) in [5, 5.41) is 4.40. The minimum Gasteiger partial charge on any atom is -0.368 e. The van der Waals surface area contributed by atoms with E-state index in [1.165, 1.54) is 3.97 Å². The molecule has 0 aromatic carbocycles. The number of rotatable bonds is 2. The molecule has 6 heteroatoms. The molecule has 18 heavy (non-hydrogen) atoms. The highest BCUT2D eigenvalue weighted by molar-refractivity contribution is 7.92. The molecule has 1 saturated heterocycles. The van der Waals surface area contributed by atoms with Crippen LogP contribution < -0.4 is 10.2 Å². The lowest BCUT2D eigenvalue weighted by molar-refractivity contribution is 0.590. The molecule has 2 aromatic rings. The molecule has 1 aliphatic rings. The highest BCUT2D eigenvalue weighted by Crippen LogP contribution is 2.32. The van der Waals surface area contributed by atoms with Crippen molar-refractivity contribution >= 4 is 29.1 Å². The van der Waals surface area contributed by atoms with Crippen LogP contribution in [0.25, 0.3) is 11.0 Å². The van der Waals surface area contributed by atoms with Gasteiger partial charge < -0.3 is 10.2 Å². The molecule has 0 bridgehead atoms. The van der Waals surface area contributed by atoms with Crippen LogP contribution in [0.15, 0.2) is 18.5 Å². The van der Waals surface area contributed by atoms with Gasteiger partial charge in [0.15, 0.2) is 18.0 Å². The number of hydrogen-bond acceptors (Lipinski definition) is 4. The van der Waals surface area contributed by atoms with Crippen LogP contribution in [-0.4, -0.2) is 35.1 Å². The summed E-state index contributed by atoms with van der Waals surface area (Å²) >= 11 is 0.198. The molecule has 0 radical (unpaired) electrons. The first kappa shape index (κ1) is 11.8. The Labute approximate surface area is 110 Å². The quantitative estimate of drug-likeness (QED) is 0.903. The van der Waals surface area contributed by atoms with Crippen molar-refractivity contribution in [3.8, 4) is 0 Å². The van der Waals surface area contributed by atoms with Crippen LogP contribution in [0.4, 0.5) is 9.57 Å². The molecule has 3 heterocycles. The van der Waals surface area contributed by atoms with E-state index in [4.69, 9.17) is 0 Å². The fourth-order valence-corrected chi connectivity index (χ4v) is 2.91. The van der Waals surface area contributed by atoms with Crippen LogP contribution in [0.5, 0.6) is 0 Å². The maximum Gasteiger partial charge on any atom is 0.171 e. The van der Waals surface area contributed by atoms with Gasteiger partial charge in [0.2, 0.25) is 0 Å². The monoisotopic (exact) mass is 266 g/mol. The van der Waals surface area contributed by atoms with Gasteiger partial charge in [-0.3, -0.25) is 0 Å². The molecule has 0 unspecified atom stereocenters. The van der Waals surface area contributed by atoms with Crippen molar-refractivity contribution in [1.82, 2.24) is 14.3 Å². The van der Waals surface area contributed by atoms with E-state index in [2.05, 4.69) is 15.2 Å². The highest BCUT2D eigenvalue weighted by atomic mass is 32.2. The van der Waals surface area contributed by atoms with Crippen molar-refractivity contribution in [2.75, 3.05) is 31.1 Å². The fraction of sp³-hybridized carbons (Fsp3) is 0.417. The Kier molecular flexibility index (Phi) is 3.13. The number of fused-ring (bicyclic) bond motifs is 1. The molecular formula is C12H15FN4S. The third-order valence-electron chi connectivity index (χ3n) is 3.35. The van der Waals surface area contributed by atoms with Crippen LogP contribution in [-0.2, 0) is 0 Å². The van der Waals surface area contributed by atoms with Crippen molar-refractivity contribution in [3.63, 3.8) is 0 Å². The molecule has 4 nitrogen and oxygen atoms in total. The minimum atomic E-state index is 0.198. The van der Waals surface area contributed by atoms with Crippen LogP contribution in [0, 0.1) is 6.92 Å². The summed E-state index contributed by atoms with van der Waals surface area (Å²) in [5.74, 6) is 0. The third kappa shape index (κ3) is 1.85. The fourth-order valence-electron chi connectivity index (χ4n) is 2.51. The highest BCUT2D eigenvalue weighted by Gasteiger charge is 2.17. The van der Waals surface area contributed by atoms with Crippen LogP contribution >= 0.6 is 12.3 Å². The standard InChI is InChI=1S/C12H15FN4S/c1-9-8-17(18-13)12-11(9)10(2-3-15-12)16-6-4-14-5-7-16/h2-3,8,14H,4-7H2,1H3. The maximum absolute atomic E-state index is 12.9. The van der Waals surface area contributed by atoms with E-state index in [0.29, 0.717) is 5.65 Å². The number of aryl methyl sites for hydroxylation is 1. The number of nitrogens with one attached hydrogen (secondary N) is 1. The Bertz CT molecular complexity index is 562. The van der Waals surface area contributed by atoms with E-state index in [-0.39, 0.29) is 12.3 Å². The van der Waals surface area contributed by atoms with Gasteiger partial charge >= 0.3 is 0 Å². The lowest BCUT2D eigenvalue weighted by Crippen LogP contribution is -2.43. The topological polar surface area (TPSA) is 33.1 Å². The minimum absolute atomic E-state index is 0.198. The summed E-state index contributed by atoms with van der Waals surface area (Å²) in [6, 6.07) is 2.02. The maximum atomic E-state index is 12.9. The molecule has 3 rings (SSSR count). The molecule has 0 saturated carbocycles. The van der Waals surface area contributed by atoms with Gasteiger partial charge in [0.1, 0.15) is 0 Å². The van der Waals surface area contributed by atoms with Crippen molar-refractivity contribution in [1.29, 1.82) is 0 Å². The van der Waals surface area contributed by atoms with Crippen LogP contribution in [0.2, 0.25) is 0 Å². The summed E-state index contributed by atoms with van der Waals surface area (Å²) in [6.07, 6.45) is 3.56. The van der Waals surface area contributed by atoms with E-state index >= 15 is 0 Å². The number of piperazine rings is 1. The zero-order chi connectivity index (χ0) is 12.5. The Morgan fingerprint density at radius 3 is 2.89 bits per heavy atom. The number of halogens is 1. The van der Waals surface area contributed by atoms with Gasteiger partial charge in [-0.2, -0.15) is 0 Å². The Hall–Kier alpha value is -1.27. The third-order valence-corrected chi connectivity index (χ3v) is 3.78. The molecule has 1 N–H and O–H groups in total. The average molecular weight is 266 g/mol. The Morgan fingerprint density at radius 2 is 2.17 bits per heavy atom. The van der Waals surface area contributed by atoms with Crippen molar-refractivity contribution in [2.24, 2.45) is 0 Å². The molecule has 0 aliphatic carbocycles. The van der Waals surface area contributed by atoms with E-state index in [1.54, 1.807) is 12.4 Å². The molecule has 1 aliphatic heterocycles. The van der Waals surface area contributed by atoms with Gasteiger partial charge in [-0.25, -0.2) is 8.96 Å². The summed E-state index contributed by atoms with van der Waals surface area (Å²) in [4.78, 5) is 6.62. The lowest BCUT2D eigenvalue weighted by atomic mass is 10.2. The van der Waals surface area contributed by atoms with Gasteiger partial charge in [0, 0.05) is 49.6 Å².